The van der Waals surface area contributed by atoms with Gasteiger partial charge in [0.2, 0.25) is 0 Å². The third kappa shape index (κ3) is 7.50. The van der Waals surface area contributed by atoms with E-state index in [4.69, 9.17) is 14.6 Å². The summed E-state index contributed by atoms with van der Waals surface area (Å²) >= 11 is 0. The molecule has 112 valence electrons. The van der Waals surface area contributed by atoms with Crippen LogP contribution in [0.2, 0.25) is 0 Å². The average molecular weight is 273 g/mol. The van der Waals surface area contributed by atoms with Crippen LogP contribution in [0, 0.1) is 5.92 Å². The van der Waals surface area contributed by atoms with Crippen LogP contribution < -0.4 is 5.32 Å². The Morgan fingerprint density at radius 1 is 1.26 bits per heavy atom. The van der Waals surface area contributed by atoms with Crippen molar-refractivity contribution >= 4 is 5.97 Å². The summed E-state index contributed by atoms with van der Waals surface area (Å²) in [7, 11) is 1.67. The number of hydrogen-bond donors (Lipinski definition) is 2. The SMILES string of the molecule is COCCOCCCCNC1CCCC(C(=O)O)C1. The van der Waals surface area contributed by atoms with Gasteiger partial charge in [0.05, 0.1) is 19.1 Å². The van der Waals surface area contributed by atoms with Crippen molar-refractivity contribution < 1.29 is 19.4 Å². The third-order valence-electron chi connectivity index (χ3n) is 3.60. The summed E-state index contributed by atoms with van der Waals surface area (Å²) in [6.45, 7) is 3.03. The average Bonchev–Trinajstić information content (AvgIpc) is 2.42. The molecule has 0 radical (unpaired) electrons. The number of hydrogen-bond acceptors (Lipinski definition) is 4. The summed E-state index contributed by atoms with van der Waals surface area (Å²) in [5.41, 5.74) is 0. The van der Waals surface area contributed by atoms with Gasteiger partial charge in [-0.05, 0) is 38.6 Å². The zero-order valence-electron chi connectivity index (χ0n) is 11.9. The van der Waals surface area contributed by atoms with E-state index in [2.05, 4.69) is 5.32 Å². The van der Waals surface area contributed by atoms with Gasteiger partial charge in [0.15, 0.2) is 0 Å². The maximum absolute atomic E-state index is 10.9. The molecular formula is C14H27NO4. The summed E-state index contributed by atoms with van der Waals surface area (Å²) in [4.78, 5) is 10.9. The molecule has 0 spiro atoms. The molecule has 0 amide bonds. The van der Waals surface area contributed by atoms with Gasteiger partial charge in [0.25, 0.3) is 0 Å². The van der Waals surface area contributed by atoms with Gasteiger partial charge in [-0.2, -0.15) is 0 Å². The van der Waals surface area contributed by atoms with Gasteiger partial charge in [0.1, 0.15) is 0 Å². The molecule has 1 aliphatic carbocycles. The van der Waals surface area contributed by atoms with E-state index in [1.165, 1.54) is 0 Å². The minimum atomic E-state index is -0.641. The Labute approximate surface area is 115 Å². The number of ether oxygens (including phenoxy) is 2. The number of rotatable bonds is 10. The predicted molar refractivity (Wildman–Crippen MR) is 73.3 cm³/mol. The van der Waals surface area contributed by atoms with Gasteiger partial charge < -0.3 is 19.9 Å². The fourth-order valence-corrected chi connectivity index (χ4v) is 2.48. The largest absolute Gasteiger partial charge is 0.481 e. The highest BCUT2D eigenvalue weighted by molar-refractivity contribution is 5.70. The Bertz CT molecular complexity index is 248. The van der Waals surface area contributed by atoms with Gasteiger partial charge in [-0.3, -0.25) is 4.79 Å². The maximum Gasteiger partial charge on any atom is 0.306 e. The summed E-state index contributed by atoms with van der Waals surface area (Å²) in [6.07, 6.45) is 5.84. The molecule has 0 aliphatic heterocycles. The highest BCUT2D eigenvalue weighted by atomic mass is 16.5. The molecule has 5 heteroatoms. The molecule has 1 saturated carbocycles. The van der Waals surface area contributed by atoms with Gasteiger partial charge in [0, 0.05) is 19.8 Å². The standard InChI is InChI=1S/C14H27NO4/c1-18-9-10-19-8-3-2-7-15-13-6-4-5-12(11-13)14(16)17/h12-13,15H,2-11H2,1H3,(H,16,17). The molecular weight excluding hydrogens is 246 g/mol. The molecule has 2 unspecified atom stereocenters. The first kappa shape index (κ1) is 16.4. The lowest BCUT2D eigenvalue weighted by atomic mass is 9.86. The molecule has 2 atom stereocenters. The van der Waals surface area contributed by atoms with Crippen LogP contribution >= 0.6 is 0 Å². The topological polar surface area (TPSA) is 67.8 Å². The minimum absolute atomic E-state index is 0.149. The summed E-state index contributed by atoms with van der Waals surface area (Å²) in [5.74, 6) is -0.790. The maximum atomic E-state index is 10.9. The molecule has 19 heavy (non-hydrogen) atoms. The molecule has 0 aromatic heterocycles. The van der Waals surface area contributed by atoms with Gasteiger partial charge in [-0.1, -0.05) is 6.42 Å². The normalized spacial score (nSPS) is 23.4. The molecule has 0 saturated heterocycles. The van der Waals surface area contributed by atoms with Crippen molar-refractivity contribution in [3.63, 3.8) is 0 Å². The fourth-order valence-electron chi connectivity index (χ4n) is 2.48. The Balaban J connectivity index is 1.95. The van der Waals surface area contributed by atoms with Crippen LogP contribution in [0.15, 0.2) is 0 Å². The molecule has 1 fully saturated rings. The molecule has 0 aromatic carbocycles. The van der Waals surface area contributed by atoms with Crippen LogP contribution in [0.3, 0.4) is 0 Å². The first-order valence-electron chi connectivity index (χ1n) is 7.27. The van der Waals surface area contributed by atoms with Crippen LogP contribution in [0.1, 0.15) is 38.5 Å². The second kappa shape index (κ2) is 10.2. The van der Waals surface area contributed by atoms with E-state index >= 15 is 0 Å². The van der Waals surface area contributed by atoms with Crippen molar-refractivity contribution in [2.75, 3.05) is 33.5 Å². The third-order valence-corrected chi connectivity index (χ3v) is 3.60. The van der Waals surface area contributed by atoms with Crippen molar-refractivity contribution in [1.29, 1.82) is 0 Å². The molecule has 2 N–H and O–H groups in total. The zero-order valence-corrected chi connectivity index (χ0v) is 11.9. The number of methoxy groups -OCH3 is 1. The number of aliphatic carboxylic acids is 1. The van der Waals surface area contributed by atoms with E-state index < -0.39 is 5.97 Å². The van der Waals surface area contributed by atoms with Crippen LogP contribution in [0.4, 0.5) is 0 Å². The Kier molecular flexibility index (Phi) is 8.79. The lowest BCUT2D eigenvalue weighted by Gasteiger charge is -2.27. The first-order chi connectivity index (χ1) is 9.24. The second-order valence-electron chi connectivity index (χ2n) is 5.17. The highest BCUT2D eigenvalue weighted by Crippen LogP contribution is 2.24. The lowest BCUT2D eigenvalue weighted by Crippen LogP contribution is -2.36. The van der Waals surface area contributed by atoms with Gasteiger partial charge in [-0.15, -0.1) is 0 Å². The van der Waals surface area contributed by atoms with E-state index in [9.17, 15) is 4.79 Å². The Hall–Kier alpha value is -0.650. The Morgan fingerprint density at radius 2 is 2.11 bits per heavy atom. The van der Waals surface area contributed by atoms with E-state index in [-0.39, 0.29) is 5.92 Å². The highest BCUT2D eigenvalue weighted by Gasteiger charge is 2.26. The van der Waals surface area contributed by atoms with Crippen LogP contribution in [-0.4, -0.2) is 50.6 Å². The van der Waals surface area contributed by atoms with E-state index in [0.717, 1.165) is 51.7 Å². The Morgan fingerprint density at radius 3 is 2.84 bits per heavy atom. The first-order valence-corrected chi connectivity index (χ1v) is 7.27. The minimum Gasteiger partial charge on any atom is -0.481 e. The number of unbranched alkanes of at least 4 members (excludes halogenated alkanes) is 1. The summed E-state index contributed by atoms with van der Waals surface area (Å²) < 4.78 is 10.3. The number of carbonyl (C=O) groups is 1. The molecule has 0 bridgehead atoms. The molecule has 5 nitrogen and oxygen atoms in total. The monoisotopic (exact) mass is 273 g/mol. The molecule has 1 rings (SSSR count). The molecule has 0 aromatic rings. The molecule has 0 heterocycles. The summed E-state index contributed by atoms with van der Waals surface area (Å²) in [5, 5.41) is 12.5. The summed E-state index contributed by atoms with van der Waals surface area (Å²) in [6, 6.07) is 0.379. The fraction of sp³-hybridized carbons (Fsp3) is 0.929. The smallest absolute Gasteiger partial charge is 0.306 e. The van der Waals surface area contributed by atoms with Crippen molar-refractivity contribution in [1.82, 2.24) is 5.32 Å². The zero-order chi connectivity index (χ0) is 13.9. The lowest BCUT2D eigenvalue weighted by molar-refractivity contribution is -0.143. The van der Waals surface area contributed by atoms with Gasteiger partial charge >= 0.3 is 5.97 Å². The van der Waals surface area contributed by atoms with Gasteiger partial charge in [-0.25, -0.2) is 0 Å². The number of carboxylic acid groups (broad SMARTS) is 1. The van der Waals surface area contributed by atoms with E-state index in [1.54, 1.807) is 7.11 Å². The van der Waals surface area contributed by atoms with E-state index in [1.807, 2.05) is 0 Å². The van der Waals surface area contributed by atoms with E-state index in [0.29, 0.717) is 19.3 Å². The number of nitrogens with one attached hydrogen (secondary N) is 1. The van der Waals surface area contributed by atoms with Crippen LogP contribution in [-0.2, 0) is 14.3 Å². The second-order valence-corrected chi connectivity index (χ2v) is 5.17. The van der Waals surface area contributed by atoms with Crippen molar-refractivity contribution in [2.24, 2.45) is 5.92 Å². The van der Waals surface area contributed by atoms with Crippen LogP contribution in [0.25, 0.3) is 0 Å². The molecule has 1 aliphatic rings. The van der Waals surface area contributed by atoms with Crippen molar-refractivity contribution in [2.45, 2.75) is 44.6 Å². The van der Waals surface area contributed by atoms with Crippen molar-refractivity contribution in [3.05, 3.63) is 0 Å². The van der Waals surface area contributed by atoms with Crippen LogP contribution in [0.5, 0.6) is 0 Å². The number of carboxylic acids is 1. The predicted octanol–water partition coefficient (Wildman–Crippen LogP) is 1.66. The quantitative estimate of drug-likeness (QED) is 0.593. The van der Waals surface area contributed by atoms with Crippen molar-refractivity contribution in [3.8, 4) is 0 Å².